The Morgan fingerprint density at radius 1 is 1.03 bits per heavy atom. The normalized spacial score (nSPS) is 11.2. The first-order chi connectivity index (χ1) is 14.1. The van der Waals surface area contributed by atoms with Crippen molar-refractivity contribution in [2.24, 2.45) is 4.99 Å². The molecule has 0 aliphatic heterocycles. The van der Waals surface area contributed by atoms with Gasteiger partial charge in [-0.3, -0.25) is 4.79 Å². The third-order valence-electron chi connectivity index (χ3n) is 3.94. The molecule has 0 aliphatic rings. The number of rotatable bonds is 10. The van der Waals surface area contributed by atoms with Gasteiger partial charge in [0.25, 0.3) is 0 Å². The Morgan fingerprint density at radius 3 is 2.48 bits per heavy atom. The van der Waals surface area contributed by atoms with Gasteiger partial charge in [-0.1, -0.05) is 48.5 Å². The minimum Gasteiger partial charge on any atom is -0.434 e. The molecule has 6 nitrogen and oxygen atoms in total. The lowest BCUT2D eigenvalue weighted by molar-refractivity contribution is -0.119. The standard InChI is InChI=1S/C21H26F2N4O2/c1-2-24-21(26-14-17-10-6-7-11-18(17)29-20(22)23)27-15-19(28)25-13-12-16-8-4-3-5-9-16/h3-11,20H,2,12-15H2,1H3,(H,25,28)(H2,24,26,27). The minimum atomic E-state index is -2.90. The maximum Gasteiger partial charge on any atom is 0.387 e. The van der Waals surface area contributed by atoms with Gasteiger partial charge < -0.3 is 20.7 Å². The largest absolute Gasteiger partial charge is 0.434 e. The molecule has 0 saturated heterocycles. The molecule has 2 rings (SSSR count). The smallest absolute Gasteiger partial charge is 0.387 e. The number of hydrogen-bond donors (Lipinski definition) is 3. The van der Waals surface area contributed by atoms with Crippen molar-refractivity contribution in [2.75, 3.05) is 19.6 Å². The molecule has 0 aromatic heterocycles. The van der Waals surface area contributed by atoms with E-state index >= 15 is 0 Å². The first-order valence-corrected chi connectivity index (χ1v) is 9.44. The van der Waals surface area contributed by atoms with E-state index in [1.807, 2.05) is 37.3 Å². The van der Waals surface area contributed by atoms with Crippen LogP contribution in [0.2, 0.25) is 0 Å². The highest BCUT2D eigenvalue weighted by atomic mass is 19.3. The highest BCUT2D eigenvalue weighted by Crippen LogP contribution is 2.20. The number of carbonyl (C=O) groups is 1. The second-order valence-corrected chi connectivity index (χ2v) is 6.12. The van der Waals surface area contributed by atoms with Crippen LogP contribution in [0.25, 0.3) is 0 Å². The summed E-state index contributed by atoms with van der Waals surface area (Å²) >= 11 is 0. The average Bonchev–Trinajstić information content (AvgIpc) is 2.71. The summed E-state index contributed by atoms with van der Waals surface area (Å²) in [6, 6.07) is 16.4. The molecule has 29 heavy (non-hydrogen) atoms. The topological polar surface area (TPSA) is 74.8 Å². The number of ether oxygens (including phenoxy) is 1. The van der Waals surface area contributed by atoms with Crippen LogP contribution in [-0.4, -0.2) is 38.1 Å². The Balaban J connectivity index is 1.83. The molecule has 0 aliphatic carbocycles. The molecule has 0 heterocycles. The summed E-state index contributed by atoms with van der Waals surface area (Å²) in [6.45, 7) is 0.313. The lowest BCUT2D eigenvalue weighted by atomic mass is 10.1. The van der Waals surface area contributed by atoms with E-state index in [9.17, 15) is 13.6 Å². The van der Waals surface area contributed by atoms with Crippen molar-refractivity contribution in [1.29, 1.82) is 0 Å². The second kappa shape index (κ2) is 12.3. The Kier molecular flexibility index (Phi) is 9.41. The van der Waals surface area contributed by atoms with E-state index in [4.69, 9.17) is 0 Å². The lowest BCUT2D eigenvalue weighted by Gasteiger charge is -2.13. The van der Waals surface area contributed by atoms with Gasteiger partial charge >= 0.3 is 6.61 Å². The van der Waals surface area contributed by atoms with Gasteiger partial charge in [0.2, 0.25) is 5.91 Å². The third kappa shape index (κ3) is 8.59. The zero-order chi connectivity index (χ0) is 20.9. The predicted octanol–water partition coefficient (Wildman–Crippen LogP) is 2.70. The van der Waals surface area contributed by atoms with Gasteiger partial charge in [0, 0.05) is 18.7 Å². The maximum absolute atomic E-state index is 12.5. The third-order valence-corrected chi connectivity index (χ3v) is 3.94. The quantitative estimate of drug-likeness (QED) is 0.421. The van der Waals surface area contributed by atoms with Crippen LogP contribution >= 0.6 is 0 Å². The molecule has 2 aromatic rings. The van der Waals surface area contributed by atoms with Crippen molar-refractivity contribution in [1.82, 2.24) is 16.0 Å². The van der Waals surface area contributed by atoms with Crippen LogP contribution in [0.4, 0.5) is 8.78 Å². The minimum absolute atomic E-state index is 0.0514. The summed E-state index contributed by atoms with van der Waals surface area (Å²) in [5, 5.41) is 8.80. The van der Waals surface area contributed by atoms with Crippen molar-refractivity contribution in [3.8, 4) is 5.75 Å². The van der Waals surface area contributed by atoms with Gasteiger partial charge in [-0.05, 0) is 25.0 Å². The predicted molar refractivity (Wildman–Crippen MR) is 109 cm³/mol. The van der Waals surface area contributed by atoms with Crippen LogP contribution in [0.1, 0.15) is 18.1 Å². The number of guanidine groups is 1. The Labute approximate surface area is 169 Å². The number of carbonyl (C=O) groups excluding carboxylic acids is 1. The first kappa shape index (κ1) is 22.1. The van der Waals surface area contributed by atoms with Gasteiger partial charge in [0.05, 0.1) is 13.1 Å². The number of para-hydroxylation sites is 1. The number of nitrogens with one attached hydrogen (secondary N) is 3. The summed E-state index contributed by atoms with van der Waals surface area (Å²) in [5.41, 5.74) is 1.68. The number of nitrogens with zero attached hydrogens (tertiary/aromatic N) is 1. The molecule has 1 amide bonds. The monoisotopic (exact) mass is 404 g/mol. The van der Waals surface area contributed by atoms with Crippen molar-refractivity contribution >= 4 is 11.9 Å². The SMILES string of the molecule is CCNC(=NCc1ccccc1OC(F)F)NCC(=O)NCCc1ccccc1. The van der Waals surface area contributed by atoms with Crippen molar-refractivity contribution in [3.05, 3.63) is 65.7 Å². The molecule has 0 atom stereocenters. The van der Waals surface area contributed by atoms with Crippen molar-refractivity contribution in [3.63, 3.8) is 0 Å². The maximum atomic E-state index is 12.5. The summed E-state index contributed by atoms with van der Waals surface area (Å²) in [7, 11) is 0. The zero-order valence-electron chi connectivity index (χ0n) is 16.3. The van der Waals surface area contributed by atoms with Crippen molar-refractivity contribution < 1.29 is 18.3 Å². The number of halogens is 2. The molecule has 0 spiro atoms. The highest BCUT2D eigenvalue weighted by Gasteiger charge is 2.09. The summed E-state index contributed by atoms with van der Waals surface area (Å²) in [4.78, 5) is 16.4. The molecule has 3 N–H and O–H groups in total. The molecule has 0 saturated carbocycles. The van der Waals surface area contributed by atoms with Gasteiger partial charge in [0.1, 0.15) is 5.75 Å². The second-order valence-electron chi connectivity index (χ2n) is 6.12. The molecular weight excluding hydrogens is 378 g/mol. The summed E-state index contributed by atoms with van der Waals surface area (Å²) in [5.74, 6) is 0.339. The highest BCUT2D eigenvalue weighted by molar-refractivity contribution is 5.86. The lowest BCUT2D eigenvalue weighted by Crippen LogP contribution is -2.43. The molecule has 8 heteroatoms. The molecule has 2 aromatic carbocycles. The van der Waals surface area contributed by atoms with Gasteiger partial charge in [0.15, 0.2) is 5.96 Å². The molecule has 0 unspecified atom stereocenters. The number of alkyl halides is 2. The summed E-state index contributed by atoms with van der Waals surface area (Å²) in [6.07, 6.45) is 0.752. The molecular formula is C21H26F2N4O2. The average molecular weight is 404 g/mol. The molecule has 0 bridgehead atoms. The number of amides is 1. The number of benzene rings is 2. The van der Waals surface area contributed by atoms with Crippen LogP contribution in [0.3, 0.4) is 0 Å². The van der Waals surface area contributed by atoms with E-state index < -0.39 is 6.61 Å². The summed E-state index contributed by atoms with van der Waals surface area (Å²) < 4.78 is 29.5. The fourth-order valence-electron chi connectivity index (χ4n) is 2.57. The van der Waals surface area contributed by atoms with Crippen LogP contribution < -0.4 is 20.7 Å². The van der Waals surface area contributed by atoms with Gasteiger partial charge in [-0.15, -0.1) is 0 Å². The fraction of sp³-hybridized carbons (Fsp3) is 0.333. The van der Waals surface area contributed by atoms with Gasteiger partial charge in [-0.25, -0.2) is 4.99 Å². The molecule has 0 fully saturated rings. The molecule has 156 valence electrons. The number of hydrogen-bond acceptors (Lipinski definition) is 3. The van der Waals surface area contributed by atoms with Crippen LogP contribution in [0.15, 0.2) is 59.6 Å². The fourth-order valence-corrected chi connectivity index (χ4v) is 2.57. The van der Waals surface area contributed by atoms with E-state index in [1.54, 1.807) is 18.2 Å². The Bertz CT molecular complexity index is 785. The van der Waals surface area contributed by atoms with Crippen LogP contribution in [0, 0.1) is 0 Å². The zero-order valence-corrected chi connectivity index (χ0v) is 16.3. The Hall–Kier alpha value is -3.16. The first-order valence-electron chi connectivity index (χ1n) is 9.44. The number of aliphatic imine (C=N–C) groups is 1. The van der Waals surface area contributed by atoms with E-state index in [0.29, 0.717) is 24.6 Å². The molecule has 0 radical (unpaired) electrons. The van der Waals surface area contributed by atoms with E-state index in [0.717, 1.165) is 12.0 Å². The van der Waals surface area contributed by atoms with Gasteiger partial charge in [-0.2, -0.15) is 8.78 Å². The van der Waals surface area contributed by atoms with E-state index in [2.05, 4.69) is 25.7 Å². The van der Waals surface area contributed by atoms with Crippen molar-refractivity contribution in [2.45, 2.75) is 26.5 Å². The van der Waals surface area contributed by atoms with Crippen LogP contribution in [0.5, 0.6) is 5.75 Å². The van der Waals surface area contributed by atoms with E-state index in [-0.39, 0.29) is 24.7 Å². The van der Waals surface area contributed by atoms with E-state index in [1.165, 1.54) is 6.07 Å². The van der Waals surface area contributed by atoms with Crippen LogP contribution in [-0.2, 0) is 17.8 Å². The Morgan fingerprint density at radius 2 is 1.76 bits per heavy atom.